The van der Waals surface area contributed by atoms with Crippen LogP contribution in [0, 0.1) is 0 Å². The summed E-state index contributed by atoms with van der Waals surface area (Å²) in [5.74, 6) is 0.857. The van der Waals surface area contributed by atoms with Crippen LogP contribution in [-0.2, 0) is 0 Å². The predicted molar refractivity (Wildman–Crippen MR) is 62.8 cm³/mol. The zero-order chi connectivity index (χ0) is 11.5. The number of rotatable bonds is 3. The molecule has 84 valence electrons. The van der Waals surface area contributed by atoms with E-state index in [0.717, 1.165) is 11.3 Å². The molecule has 0 saturated carbocycles. The average molecular weight is 208 g/mol. The summed E-state index contributed by atoms with van der Waals surface area (Å²) in [4.78, 5) is 0. The summed E-state index contributed by atoms with van der Waals surface area (Å²) in [6.07, 6.45) is 0. The largest absolute Gasteiger partial charge is 0.488 e. The first-order valence-electron chi connectivity index (χ1n) is 5.17. The minimum Gasteiger partial charge on any atom is -0.488 e. The second-order valence-electron chi connectivity index (χ2n) is 4.63. The Balaban J connectivity index is 2.72. The molecule has 0 fully saturated rings. The van der Waals surface area contributed by atoms with Crippen LogP contribution >= 0.6 is 0 Å². The maximum atomic E-state index is 5.81. The van der Waals surface area contributed by atoms with Crippen LogP contribution in [0.15, 0.2) is 24.3 Å². The Morgan fingerprint density at radius 3 is 2.13 bits per heavy atom. The second kappa shape index (κ2) is 4.64. The molecule has 1 unspecified atom stereocenters. The van der Waals surface area contributed by atoms with Gasteiger partial charge in [0.05, 0.1) is 0 Å². The van der Waals surface area contributed by atoms with Gasteiger partial charge >= 0.3 is 0 Å². The number of hydrogen-bond donors (Lipinski definition) is 2. The first-order valence-corrected chi connectivity index (χ1v) is 5.17. The highest BCUT2D eigenvalue weighted by Gasteiger charge is 2.11. The molecule has 15 heavy (non-hydrogen) atoms. The van der Waals surface area contributed by atoms with E-state index in [4.69, 9.17) is 16.2 Å². The van der Waals surface area contributed by atoms with E-state index in [0.29, 0.717) is 6.54 Å². The Kier molecular flexibility index (Phi) is 3.72. The molecule has 0 heterocycles. The second-order valence-corrected chi connectivity index (χ2v) is 4.63. The topological polar surface area (TPSA) is 61.3 Å². The zero-order valence-corrected chi connectivity index (χ0v) is 9.66. The first-order chi connectivity index (χ1) is 6.92. The Bertz CT molecular complexity index is 300. The van der Waals surface area contributed by atoms with Crippen LogP contribution in [-0.4, -0.2) is 12.1 Å². The number of hydrogen-bond acceptors (Lipinski definition) is 3. The summed E-state index contributed by atoms with van der Waals surface area (Å²) in [6, 6.07) is 7.68. The molecule has 0 bridgehead atoms. The van der Waals surface area contributed by atoms with Crippen LogP contribution in [0.1, 0.15) is 32.4 Å². The summed E-state index contributed by atoms with van der Waals surface area (Å²) in [7, 11) is 0. The molecule has 0 aliphatic carbocycles. The molecule has 1 aromatic rings. The van der Waals surface area contributed by atoms with Gasteiger partial charge in [-0.25, -0.2) is 0 Å². The van der Waals surface area contributed by atoms with Gasteiger partial charge < -0.3 is 16.2 Å². The van der Waals surface area contributed by atoms with Gasteiger partial charge in [-0.3, -0.25) is 0 Å². The van der Waals surface area contributed by atoms with Gasteiger partial charge in [0.25, 0.3) is 0 Å². The predicted octanol–water partition coefficient (Wildman–Crippen LogP) is 1.82. The SMILES string of the molecule is CC(C)(C)Oc1ccc(C(N)CN)cc1. The van der Waals surface area contributed by atoms with Gasteiger partial charge in [-0.05, 0) is 38.5 Å². The van der Waals surface area contributed by atoms with Crippen LogP contribution in [0.2, 0.25) is 0 Å². The van der Waals surface area contributed by atoms with Crippen molar-refractivity contribution in [3.63, 3.8) is 0 Å². The van der Waals surface area contributed by atoms with Gasteiger partial charge in [-0.15, -0.1) is 0 Å². The molecule has 0 saturated heterocycles. The van der Waals surface area contributed by atoms with E-state index in [-0.39, 0.29) is 11.6 Å². The standard InChI is InChI=1S/C12H20N2O/c1-12(2,3)15-10-6-4-9(5-7-10)11(14)8-13/h4-7,11H,8,13-14H2,1-3H3. The lowest BCUT2D eigenvalue weighted by molar-refractivity contribution is 0.131. The highest BCUT2D eigenvalue weighted by molar-refractivity contribution is 5.29. The molecule has 0 aromatic heterocycles. The molecular formula is C12H20N2O. The van der Waals surface area contributed by atoms with Gasteiger partial charge in [0, 0.05) is 12.6 Å². The Hall–Kier alpha value is -1.06. The van der Waals surface area contributed by atoms with E-state index in [2.05, 4.69) is 0 Å². The van der Waals surface area contributed by atoms with Gasteiger partial charge in [-0.1, -0.05) is 12.1 Å². The fraction of sp³-hybridized carbons (Fsp3) is 0.500. The van der Waals surface area contributed by atoms with Crippen LogP contribution < -0.4 is 16.2 Å². The van der Waals surface area contributed by atoms with Crippen molar-refractivity contribution >= 4 is 0 Å². The van der Waals surface area contributed by atoms with Crippen molar-refractivity contribution in [3.8, 4) is 5.75 Å². The molecule has 3 heteroatoms. The van der Waals surface area contributed by atoms with Crippen LogP contribution in [0.5, 0.6) is 5.75 Å². The molecule has 0 aliphatic rings. The molecular weight excluding hydrogens is 188 g/mol. The molecule has 0 spiro atoms. The van der Waals surface area contributed by atoms with Crippen molar-refractivity contribution in [1.29, 1.82) is 0 Å². The lowest BCUT2D eigenvalue weighted by Crippen LogP contribution is -2.23. The van der Waals surface area contributed by atoms with Crippen molar-refractivity contribution in [1.82, 2.24) is 0 Å². The quantitative estimate of drug-likeness (QED) is 0.796. The number of benzene rings is 1. The van der Waals surface area contributed by atoms with Crippen LogP contribution in [0.3, 0.4) is 0 Å². The third-order valence-electron chi connectivity index (χ3n) is 1.99. The van der Waals surface area contributed by atoms with Gasteiger partial charge in [0.15, 0.2) is 0 Å². The smallest absolute Gasteiger partial charge is 0.120 e. The first kappa shape index (κ1) is 12.0. The summed E-state index contributed by atoms with van der Waals surface area (Å²) >= 11 is 0. The zero-order valence-electron chi connectivity index (χ0n) is 9.66. The maximum absolute atomic E-state index is 5.81. The number of ether oxygens (including phenoxy) is 1. The average Bonchev–Trinajstić information content (AvgIpc) is 2.15. The van der Waals surface area contributed by atoms with Crippen molar-refractivity contribution < 1.29 is 4.74 Å². The molecule has 3 nitrogen and oxygen atoms in total. The summed E-state index contributed by atoms with van der Waals surface area (Å²) < 4.78 is 5.70. The van der Waals surface area contributed by atoms with Crippen molar-refractivity contribution in [2.24, 2.45) is 11.5 Å². The molecule has 1 aromatic carbocycles. The monoisotopic (exact) mass is 208 g/mol. The fourth-order valence-corrected chi connectivity index (χ4v) is 1.27. The normalized spacial score (nSPS) is 13.7. The van der Waals surface area contributed by atoms with E-state index in [1.165, 1.54) is 0 Å². The molecule has 1 atom stereocenters. The van der Waals surface area contributed by atoms with Crippen molar-refractivity contribution in [2.75, 3.05) is 6.54 Å². The molecule has 0 aliphatic heterocycles. The highest BCUT2D eigenvalue weighted by Crippen LogP contribution is 2.20. The van der Waals surface area contributed by atoms with Gasteiger partial charge in [0.2, 0.25) is 0 Å². The molecule has 0 amide bonds. The van der Waals surface area contributed by atoms with Crippen molar-refractivity contribution in [3.05, 3.63) is 29.8 Å². The Morgan fingerprint density at radius 1 is 1.20 bits per heavy atom. The fourth-order valence-electron chi connectivity index (χ4n) is 1.27. The van der Waals surface area contributed by atoms with E-state index in [9.17, 15) is 0 Å². The minimum atomic E-state index is -0.169. The summed E-state index contributed by atoms with van der Waals surface area (Å²) in [6.45, 7) is 6.52. The van der Waals surface area contributed by atoms with E-state index >= 15 is 0 Å². The van der Waals surface area contributed by atoms with E-state index in [1.807, 2.05) is 45.0 Å². The molecule has 4 N–H and O–H groups in total. The molecule has 0 radical (unpaired) electrons. The summed E-state index contributed by atoms with van der Waals surface area (Å²) in [5, 5.41) is 0. The van der Waals surface area contributed by atoms with Crippen LogP contribution in [0.4, 0.5) is 0 Å². The minimum absolute atomic E-state index is 0.0892. The van der Waals surface area contributed by atoms with Crippen LogP contribution in [0.25, 0.3) is 0 Å². The Labute approximate surface area is 91.4 Å². The van der Waals surface area contributed by atoms with E-state index < -0.39 is 0 Å². The highest BCUT2D eigenvalue weighted by atomic mass is 16.5. The lowest BCUT2D eigenvalue weighted by atomic mass is 10.1. The molecule has 1 rings (SSSR count). The third-order valence-corrected chi connectivity index (χ3v) is 1.99. The Morgan fingerprint density at radius 2 is 1.73 bits per heavy atom. The lowest BCUT2D eigenvalue weighted by Gasteiger charge is -2.21. The van der Waals surface area contributed by atoms with E-state index in [1.54, 1.807) is 0 Å². The van der Waals surface area contributed by atoms with Gasteiger partial charge in [0.1, 0.15) is 11.4 Å². The number of nitrogens with two attached hydrogens (primary N) is 2. The van der Waals surface area contributed by atoms with Gasteiger partial charge in [-0.2, -0.15) is 0 Å². The van der Waals surface area contributed by atoms with Crippen molar-refractivity contribution in [2.45, 2.75) is 32.4 Å². The third kappa shape index (κ3) is 3.90. The summed E-state index contributed by atoms with van der Waals surface area (Å²) in [5.41, 5.74) is 12.2. The maximum Gasteiger partial charge on any atom is 0.120 e.